The summed E-state index contributed by atoms with van der Waals surface area (Å²) in [7, 11) is 0. The molecule has 0 saturated heterocycles. The summed E-state index contributed by atoms with van der Waals surface area (Å²) in [5.41, 5.74) is 3.08. The van der Waals surface area contributed by atoms with Gasteiger partial charge in [-0.3, -0.25) is 10.1 Å². The molecule has 0 atom stereocenters. The lowest BCUT2D eigenvalue weighted by Gasteiger charge is -2.10. The molecule has 0 bridgehead atoms. The van der Waals surface area contributed by atoms with Gasteiger partial charge in [-0.15, -0.1) is 0 Å². The molecule has 0 fully saturated rings. The van der Waals surface area contributed by atoms with E-state index in [1.165, 1.54) is 0 Å². The van der Waals surface area contributed by atoms with Crippen LogP contribution in [0.4, 0.5) is 10.5 Å². The fourth-order valence-electron chi connectivity index (χ4n) is 1.48. The molecule has 0 aliphatic carbocycles. The Morgan fingerprint density at radius 3 is 2.61 bits per heavy atom. The molecule has 0 spiro atoms. The number of imide groups is 1. The minimum atomic E-state index is -0.467. The molecule has 0 saturated carbocycles. The van der Waals surface area contributed by atoms with Gasteiger partial charge in [-0.25, -0.2) is 4.79 Å². The van der Waals surface area contributed by atoms with Crippen molar-refractivity contribution in [2.24, 2.45) is 0 Å². The van der Waals surface area contributed by atoms with Crippen molar-refractivity contribution in [2.75, 3.05) is 18.4 Å². The average Bonchev–Trinajstić information content (AvgIpc) is 2.30. The molecule has 3 N–H and O–H groups in total. The van der Waals surface area contributed by atoms with Crippen LogP contribution in [0.25, 0.3) is 0 Å². The van der Waals surface area contributed by atoms with Crippen molar-refractivity contribution in [3.8, 4) is 0 Å². The van der Waals surface area contributed by atoms with Crippen LogP contribution in [0.15, 0.2) is 18.2 Å². The summed E-state index contributed by atoms with van der Waals surface area (Å²) in [5.74, 6) is -0.359. The van der Waals surface area contributed by atoms with Gasteiger partial charge < -0.3 is 10.6 Å². The molecule has 1 aromatic rings. The van der Waals surface area contributed by atoms with E-state index in [1.54, 1.807) is 6.92 Å². The van der Waals surface area contributed by atoms with Crippen LogP contribution in [0, 0.1) is 13.8 Å². The van der Waals surface area contributed by atoms with Gasteiger partial charge >= 0.3 is 6.03 Å². The van der Waals surface area contributed by atoms with E-state index < -0.39 is 6.03 Å². The maximum absolute atomic E-state index is 11.5. The van der Waals surface area contributed by atoms with Crippen LogP contribution >= 0.6 is 0 Å². The van der Waals surface area contributed by atoms with E-state index in [0.717, 1.165) is 16.8 Å². The Balaban J connectivity index is 2.47. The van der Waals surface area contributed by atoms with E-state index in [2.05, 4.69) is 16.0 Å². The second kappa shape index (κ2) is 6.64. The highest BCUT2D eigenvalue weighted by Gasteiger charge is 2.06. The SMILES string of the molecule is CCNC(=O)NC(=O)CNc1cc(C)ccc1C. The topological polar surface area (TPSA) is 70.2 Å². The van der Waals surface area contributed by atoms with E-state index in [4.69, 9.17) is 0 Å². The molecule has 0 radical (unpaired) electrons. The first-order valence-corrected chi connectivity index (χ1v) is 5.91. The first-order valence-electron chi connectivity index (χ1n) is 5.91. The fourth-order valence-corrected chi connectivity index (χ4v) is 1.48. The highest BCUT2D eigenvalue weighted by molar-refractivity contribution is 5.96. The Morgan fingerprint density at radius 1 is 1.22 bits per heavy atom. The van der Waals surface area contributed by atoms with Crippen LogP contribution in [0.1, 0.15) is 18.1 Å². The molecule has 0 aliphatic rings. The smallest absolute Gasteiger partial charge is 0.321 e. The molecule has 5 heteroatoms. The van der Waals surface area contributed by atoms with Gasteiger partial charge in [0.05, 0.1) is 6.54 Å². The number of aryl methyl sites for hydroxylation is 2. The van der Waals surface area contributed by atoms with E-state index in [0.29, 0.717) is 6.54 Å². The highest BCUT2D eigenvalue weighted by Crippen LogP contribution is 2.15. The lowest BCUT2D eigenvalue weighted by atomic mass is 10.1. The van der Waals surface area contributed by atoms with Crippen LogP contribution in [0.2, 0.25) is 0 Å². The van der Waals surface area contributed by atoms with E-state index in [1.807, 2.05) is 32.0 Å². The molecule has 3 amide bonds. The van der Waals surface area contributed by atoms with Crippen molar-refractivity contribution in [1.82, 2.24) is 10.6 Å². The largest absolute Gasteiger partial charge is 0.376 e. The third-order valence-corrected chi connectivity index (χ3v) is 2.42. The van der Waals surface area contributed by atoms with Crippen LogP contribution in [0.5, 0.6) is 0 Å². The van der Waals surface area contributed by atoms with Gasteiger partial charge in [0.15, 0.2) is 0 Å². The van der Waals surface area contributed by atoms with Crippen molar-refractivity contribution in [3.63, 3.8) is 0 Å². The summed E-state index contributed by atoms with van der Waals surface area (Å²) >= 11 is 0. The number of carbonyl (C=O) groups is 2. The van der Waals surface area contributed by atoms with Gasteiger partial charge in [0.1, 0.15) is 0 Å². The predicted molar refractivity (Wildman–Crippen MR) is 71.6 cm³/mol. The van der Waals surface area contributed by atoms with Gasteiger partial charge in [-0.1, -0.05) is 12.1 Å². The fraction of sp³-hybridized carbons (Fsp3) is 0.385. The molecular weight excluding hydrogens is 230 g/mol. The monoisotopic (exact) mass is 249 g/mol. The van der Waals surface area contributed by atoms with E-state index in [9.17, 15) is 9.59 Å². The van der Waals surface area contributed by atoms with Gasteiger partial charge in [-0.2, -0.15) is 0 Å². The third-order valence-electron chi connectivity index (χ3n) is 2.42. The quantitative estimate of drug-likeness (QED) is 0.758. The normalized spacial score (nSPS) is 9.72. The summed E-state index contributed by atoms with van der Waals surface area (Å²) in [6.45, 7) is 6.30. The maximum atomic E-state index is 11.5. The van der Waals surface area contributed by atoms with Crippen molar-refractivity contribution in [2.45, 2.75) is 20.8 Å². The number of urea groups is 1. The number of anilines is 1. The second-order valence-electron chi connectivity index (χ2n) is 4.08. The van der Waals surface area contributed by atoms with Gasteiger partial charge in [0, 0.05) is 12.2 Å². The maximum Gasteiger partial charge on any atom is 0.321 e. The highest BCUT2D eigenvalue weighted by atomic mass is 16.2. The second-order valence-corrected chi connectivity index (χ2v) is 4.08. The standard InChI is InChI=1S/C13H19N3O2/c1-4-14-13(18)16-12(17)8-15-11-7-9(2)5-6-10(11)3/h5-7,15H,4,8H2,1-3H3,(H2,14,16,17,18). The zero-order chi connectivity index (χ0) is 13.5. The Hall–Kier alpha value is -2.04. The Bertz CT molecular complexity index is 444. The van der Waals surface area contributed by atoms with Gasteiger partial charge in [0.2, 0.25) is 5.91 Å². The Labute approximate surface area is 107 Å². The van der Waals surface area contributed by atoms with Gasteiger partial charge in [0.25, 0.3) is 0 Å². The molecule has 1 aromatic carbocycles. The number of hydrogen-bond acceptors (Lipinski definition) is 3. The number of rotatable bonds is 4. The van der Waals surface area contributed by atoms with Crippen LogP contribution in [-0.4, -0.2) is 25.0 Å². The minimum absolute atomic E-state index is 0.0709. The van der Waals surface area contributed by atoms with Crippen LogP contribution in [-0.2, 0) is 4.79 Å². The summed E-state index contributed by atoms with van der Waals surface area (Å²) in [6.07, 6.45) is 0. The molecule has 18 heavy (non-hydrogen) atoms. The van der Waals surface area contributed by atoms with E-state index >= 15 is 0 Å². The minimum Gasteiger partial charge on any atom is -0.376 e. The van der Waals surface area contributed by atoms with Gasteiger partial charge in [-0.05, 0) is 38.0 Å². The lowest BCUT2D eigenvalue weighted by molar-refractivity contribution is -0.118. The average molecular weight is 249 g/mol. The summed E-state index contributed by atoms with van der Waals surface area (Å²) < 4.78 is 0. The number of nitrogens with one attached hydrogen (secondary N) is 3. The summed E-state index contributed by atoms with van der Waals surface area (Å²) in [4.78, 5) is 22.6. The lowest BCUT2D eigenvalue weighted by Crippen LogP contribution is -2.41. The molecule has 0 aromatic heterocycles. The molecule has 1 rings (SSSR count). The van der Waals surface area contributed by atoms with Crippen molar-refractivity contribution < 1.29 is 9.59 Å². The predicted octanol–water partition coefficient (Wildman–Crippen LogP) is 1.56. The molecule has 0 unspecified atom stereocenters. The molecular formula is C13H19N3O2. The number of benzene rings is 1. The first-order chi connectivity index (χ1) is 8.52. The molecule has 5 nitrogen and oxygen atoms in total. The first kappa shape index (κ1) is 14.0. The van der Waals surface area contributed by atoms with Crippen molar-refractivity contribution >= 4 is 17.6 Å². The van der Waals surface area contributed by atoms with Crippen molar-refractivity contribution in [3.05, 3.63) is 29.3 Å². The van der Waals surface area contributed by atoms with Crippen LogP contribution < -0.4 is 16.0 Å². The Morgan fingerprint density at radius 2 is 1.94 bits per heavy atom. The van der Waals surface area contributed by atoms with Crippen molar-refractivity contribution in [1.29, 1.82) is 0 Å². The van der Waals surface area contributed by atoms with Crippen LogP contribution in [0.3, 0.4) is 0 Å². The Kier molecular flexibility index (Phi) is 5.17. The molecule has 0 aliphatic heterocycles. The number of amides is 3. The molecule has 0 heterocycles. The van der Waals surface area contributed by atoms with E-state index in [-0.39, 0.29) is 12.5 Å². The zero-order valence-electron chi connectivity index (χ0n) is 11.0. The molecule has 98 valence electrons. The third kappa shape index (κ3) is 4.45. The summed E-state index contributed by atoms with van der Waals surface area (Å²) in [5, 5.41) is 7.74. The number of hydrogen-bond donors (Lipinski definition) is 3. The zero-order valence-corrected chi connectivity index (χ0v) is 11.0. The number of carbonyl (C=O) groups excluding carboxylic acids is 2. The summed E-state index contributed by atoms with van der Waals surface area (Å²) in [6, 6.07) is 5.49.